The Balaban J connectivity index is 0.00000220. The molecule has 1 amide bonds. The fourth-order valence-corrected chi connectivity index (χ4v) is 6.69. The molecule has 4 heterocycles. The van der Waals surface area contributed by atoms with Crippen LogP contribution in [0, 0.1) is 5.92 Å². The Labute approximate surface area is 299 Å². The number of anilines is 1. The van der Waals surface area contributed by atoms with Crippen molar-refractivity contribution in [2.24, 2.45) is 5.92 Å². The number of nitrogen functional groups attached to an aromatic ring is 1. The summed E-state index contributed by atoms with van der Waals surface area (Å²) in [5.74, 6) is 1.27. The van der Waals surface area contributed by atoms with Crippen molar-refractivity contribution in [1.29, 1.82) is 0 Å². The first kappa shape index (κ1) is 35.2. The number of pyridine rings is 2. The number of nitrogens with zero attached hydrogens (tertiary/aromatic N) is 6. The fourth-order valence-electron chi connectivity index (χ4n) is 6.69. The minimum Gasteiger partial charge on any atom is -0.507 e. The van der Waals surface area contributed by atoms with Gasteiger partial charge in [-0.3, -0.25) is 19.1 Å². The number of carbonyl (C=O) groups is 2. The van der Waals surface area contributed by atoms with E-state index in [9.17, 15) is 14.7 Å². The van der Waals surface area contributed by atoms with Crippen LogP contribution in [-0.4, -0.2) is 72.8 Å². The van der Waals surface area contributed by atoms with Crippen molar-refractivity contribution < 1.29 is 14.7 Å². The molecule has 1 fully saturated rings. The predicted molar refractivity (Wildman–Crippen MR) is 203 cm³/mol. The second-order valence-corrected chi connectivity index (χ2v) is 13.0. The number of allylic oxidation sites excluding steroid dienone is 4. The largest absolute Gasteiger partial charge is 0.507 e. The number of benzene rings is 2. The maximum Gasteiger partial charge on any atom is 0.253 e. The van der Waals surface area contributed by atoms with Crippen molar-refractivity contribution in [2.45, 2.75) is 52.6 Å². The Morgan fingerprint density at radius 2 is 1.80 bits per heavy atom. The first-order chi connectivity index (χ1) is 24.8. The third-order valence-electron chi connectivity index (χ3n) is 9.62. The molecule has 0 radical (unpaired) electrons. The number of phenols is 1. The van der Waals surface area contributed by atoms with E-state index in [1.165, 1.54) is 17.7 Å². The summed E-state index contributed by atoms with van der Waals surface area (Å²) in [5.41, 5.74) is 13.3. The number of imidazole rings is 1. The number of hydrogen-bond donors (Lipinski definition) is 2. The van der Waals surface area contributed by atoms with Gasteiger partial charge < -0.3 is 15.7 Å². The second-order valence-electron chi connectivity index (χ2n) is 13.0. The first-order valence-corrected chi connectivity index (χ1v) is 17.6. The zero-order valence-electron chi connectivity index (χ0n) is 29.7. The highest BCUT2D eigenvalue weighted by Gasteiger charge is 2.27. The van der Waals surface area contributed by atoms with Crippen LogP contribution in [0.5, 0.6) is 5.75 Å². The SMILES string of the molecule is CC.CC1C=CC(c2ccc3nc(-c4cccnc4N)n(-c4ccc(CN5CCC(N(C)C(=O)c6ccc(C=O)c(O)c6)CC5)cc4)c3n2)=CC1. The van der Waals surface area contributed by atoms with Crippen LogP contribution in [0.1, 0.15) is 72.0 Å². The number of likely N-dealkylation sites (tertiary alicyclic amines) is 1. The summed E-state index contributed by atoms with van der Waals surface area (Å²) in [6.45, 7) is 8.71. The molecule has 0 saturated carbocycles. The van der Waals surface area contributed by atoms with Gasteiger partial charge in [-0.15, -0.1) is 0 Å². The summed E-state index contributed by atoms with van der Waals surface area (Å²) in [5, 5.41) is 10.0. The number of amides is 1. The molecule has 1 atom stereocenters. The van der Waals surface area contributed by atoms with Gasteiger partial charge in [0.05, 0.1) is 16.8 Å². The molecule has 3 aromatic heterocycles. The van der Waals surface area contributed by atoms with Crippen molar-refractivity contribution in [3.63, 3.8) is 0 Å². The van der Waals surface area contributed by atoms with E-state index in [0.29, 0.717) is 29.4 Å². The van der Waals surface area contributed by atoms with E-state index in [1.807, 2.05) is 38.1 Å². The van der Waals surface area contributed by atoms with Crippen LogP contribution < -0.4 is 5.73 Å². The van der Waals surface area contributed by atoms with Crippen molar-refractivity contribution in [1.82, 2.24) is 29.3 Å². The van der Waals surface area contributed by atoms with Crippen LogP contribution in [-0.2, 0) is 6.54 Å². The smallest absolute Gasteiger partial charge is 0.253 e. The van der Waals surface area contributed by atoms with E-state index in [-0.39, 0.29) is 23.3 Å². The Hall–Kier alpha value is -5.61. The van der Waals surface area contributed by atoms with E-state index >= 15 is 0 Å². The highest BCUT2D eigenvalue weighted by molar-refractivity contribution is 5.96. The quantitative estimate of drug-likeness (QED) is 0.163. The van der Waals surface area contributed by atoms with Crippen molar-refractivity contribution in [3.05, 3.63) is 114 Å². The van der Waals surface area contributed by atoms with Gasteiger partial charge in [0.1, 0.15) is 17.1 Å². The number of aromatic hydroxyl groups is 1. The molecule has 10 heteroatoms. The van der Waals surface area contributed by atoms with Crippen LogP contribution in [0.4, 0.5) is 5.82 Å². The van der Waals surface area contributed by atoms with E-state index < -0.39 is 0 Å². The lowest BCUT2D eigenvalue weighted by Crippen LogP contribution is -2.45. The Morgan fingerprint density at radius 3 is 2.47 bits per heavy atom. The fraction of sp³-hybridized carbons (Fsp3) is 0.293. The normalized spacial score (nSPS) is 16.3. The molecule has 3 N–H and O–H groups in total. The molecule has 1 saturated heterocycles. The van der Waals surface area contributed by atoms with Crippen LogP contribution in [0.2, 0.25) is 0 Å². The Morgan fingerprint density at radius 1 is 1.04 bits per heavy atom. The topological polar surface area (TPSA) is 130 Å². The number of phenolic OH excluding ortho intramolecular Hbond substituents is 1. The molecule has 2 aromatic carbocycles. The van der Waals surface area contributed by atoms with Crippen LogP contribution in [0.3, 0.4) is 0 Å². The van der Waals surface area contributed by atoms with Gasteiger partial charge in [0.2, 0.25) is 0 Å². The van der Waals surface area contributed by atoms with Crippen LogP contribution in [0.25, 0.3) is 33.8 Å². The molecule has 1 unspecified atom stereocenters. The maximum absolute atomic E-state index is 13.1. The standard InChI is InChI=1S/C39H39N7O3.C2H6/c1-25-5-9-27(10-6-25)33-15-16-34-38(42-33)46(37(43-34)32-4-3-19-41-36(32)40)31-13-7-26(8-14-31)23-45-20-17-30(18-21-45)44(2)39(49)28-11-12-29(24-47)35(48)22-28;1-2/h3-5,7-16,19,22,24-25,30,48H,6,17-18,20-21,23H2,1-2H3,(H2,40,41);1-2H3. The Kier molecular flexibility index (Phi) is 10.7. The third-order valence-corrected chi connectivity index (χ3v) is 9.62. The Bertz CT molecular complexity index is 2090. The molecule has 51 heavy (non-hydrogen) atoms. The monoisotopic (exact) mass is 683 g/mol. The molecular formula is C41H45N7O3. The first-order valence-electron chi connectivity index (χ1n) is 17.6. The summed E-state index contributed by atoms with van der Waals surface area (Å²) in [7, 11) is 1.81. The van der Waals surface area contributed by atoms with Crippen LogP contribution >= 0.6 is 0 Å². The van der Waals surface area contributed by atoms with Crippen molar-refractivity contribution >= 4 is 34.7 Å². The highest BCUT2D eigenvalue weighted by atomic mass is 16.3. The maximum atomic E-state index is 13.1. The minimum absolute atomic E-state index is 0.0903. The zero-order chi connectivity index (χ0) is 36.1. The summed E-state index contributed by atoms with van der Waals surface area (Å²) in [4.78, 5) is 42.7. The lowest BCUT2D eigenvalue weighted by molar-refractivity contribution is 0.0635. The molecule has 10 nitrogen and oxygen atoms in total. The van der Waals surface area contributed by atoms with E-state index in [2.05, 4.69) is 63.9 Å². The van der Waals surface area contributed by atoms with Crippen LogP contribution in [0.15, 0.2) is 91.2 Å². The van der Waals surface area contributed by atoms with Gasteiger partial charge in [-0.2, -0.15) is 0 Å². The number of aromatic nitrogens is 4. The molecule has 7 rings (SSSR count). The van der Waals surface area contributed by atoms with Crippen molar-refractivity contribution in [2.75, 3.05) is 25.9 Å². The van der Waals surface area contributed by atoms with E-state index in [4.69, 9.17) is 15.7 Å². The average Bonchev–Trinajstić information content (AvgIpc) is 3.54. The number of nitrogens with two attached hydrogens (primary N) is 1. The number of aldehydes is 1. The van der Waals surface area contributed by atoms with Gasteiger partial charge in [-0.25, -0.2) is 15.0 Å². The van der Waals surface area contributed by atoms with E-state index in [0.717, 1.165) is 72.6 Å². The number of fused-ring (bicyclic) bond motifs is 1. The summed E-state index contributed by atoms with van der Waals surface area (Å²) < 4.78 is 2.07. The molecule has 2 aliphatic rings. The average molecular weight is 684 g/mol. The lowest BCUT2D eigenvalue weighted by Gasteiger charge is -2.37. The number of rotatable bonds is 8. The summed E-state index contributed by atoms with van der Waals surface area (Å²) >= 11 is 0. The summed E-state index contributed by atoms with van der Waals surface area (Å²) in [6.07, 6.45) is 11.5. The molecule has 0 bridgehead atoms. The summed E-state index contributed by atoms with van der Waals surface area (Å²) in [6, 6.07) is 20.9. The molecule has 262 valence electrons. The second kappa shape index (κ2) is 15.5. The molecule has 1 aliphatic heterocycles. The van der Waals surface area contributed by atoms with Gasteiger partial charge in [0, 0.05) is 50.2 Å². The highest BCUT2D eigenvalue weighted by Crippen LogP contribution is 2.32. The van der Waals surface area contributed by atoms with Gasteiger partial charge in [-0.1, -0.05) is 51.1 Å². The lowest BCUT2D eigenvalue weighted by atomic mass is 9.97. The van der Waals surface area contributed by atoms with Gasteiger partial charge in [-0.05, 0) is 90.9 Å². The third kappa shape index (κ3) is 7.46. The van der Waals surface area contributed by atoms with Gasteiger partial charge in [0.15, 0.2) is 17.8 Å². The number of piperidine rings is 1. The predicted octanol–water partition coefficient (Wildman–Crippen LogP) is 7.33. The van der Waals surface area contributed by atoms with E-state index in [1.54, 1.807) is 24.2 Å². The number of carbonyl (C=O) groups excluding carboxylic acids is 2. The molecule has 0 spiro atoms. The van der Waals surface area contributed by atoms with Gasteiger partial charge >= 0.3 is 0 Å². The molecule has 1 aliphatic carbocycles. The minimum atomic E-state index is -0.182. The number of hydrogen-bond acceptors (Lipinski definition) is 8. The molecule has 5 aromatic rings. The molecular weight excluding hydrogens is 638 g/mol. The van der Waals surface area contributed by atoms with Crippen molar-refractivity contribution in [3.8, 4) is 22.8 Å². The van der Waals surface area contributed by atoms with Gasteiger partial charge in [0.25, 0.3) is 5.91 Å². The zero-order valence-corrected chi connectivity index (χ0v) is 29.7.